The van der Waals surface area contributed by atoms with E-state index in [0.717, 1.165) is 55.6 Å². The van der Waals surface area contributed by atoms with Gasteiger partial charge in [-0.1, -0.05) is 188 Å². The van der Waals surface area contributed by atoms with E-state index in [1.165, 1.54) is 43.2 Å². The maximum atomic E-state index is 9.56. The molecule has 0 amide bonds. The lowest BCUT2D eigenvalue weighted by molar-refractivity contribution is 0.673. The molecule has 1 atom stereocenters. The average Bonchev–Trinajstić information content (AvgIpc) is 3.64. The summed E-state index contributed by atoms with van der Waals surface area (Å²) < 4.78 is 0. The molecule has 290 valence electrons. The first-order chi connectivity index (χ1) is 30.7. The van der Waals surface area contributed by atoms with Crippen molar-refractivity contribution < 1.29 is 0 Å². The van der Waals surface area contributed by atoms with Gasteiger partial charge in [0.25, 0.3) is 0 Å². The molecule has 5 heteroatoms. The third kappa shape index (κ3) is 5.54. The summed E-state index contributed by atoms with van der Waals surface area (Å²) in [5.41, 5.74) is 15.1. The Bertz CT molecular complexity index is 3320. The fraction of sp³-hybridized carbons (Fsp3) is 0.0351. The minimum atomic E-state index is -0.566. The van der Waals surface area contributed by atoms with E-state index >= 15 is 0 Å². The van der Waals surface area contributed by atoms with Crippen molar-refractivity contribution in [3.8, 4) is 39.4 Å². The number of nitrogens with zero attached hydrogens (tertiary/aromatic N) is 3. The normalized spacial score (nSPS) is 15.3. The van der Waals surface area contributed by atoms with Crippen molar-refractivity contribution in [1.82, 2.24) is 5.32 Å². The fourth-order valence-electron chi connectivity index (χ4n) is 9.94. The predicted octanol–water partition coefficient (Wildman–Crippen LogP) is 13.4. The van der Waals surface area contributed by atoms with Gasteiger partial charge in [-0.2, -0.15) is 5.26 Å². The molecule has 0 saturated heterocycles. The molecule has 1 spiro atoms. The number of fused-ring (bicyclic) bond motifs is 10. The first-order valence-electron chi connectivity index (χ1n) is 20.9. The molecule has 4 nitrogen and oxygen atoms in total. The Balaban J connectivity index is 1.17. The molecule has 9 aromatic rings. The number of nitrogens with one attached hydrogen (secondary N) is 1. The van der Waals surface area contributed by atoms with Crippen LogP contribution in [0.25, 0.3) is 44.2 Å². The molecule has 1 N–H and O–H groups in total. The minimum Gasteiger partial charge on any atom is -0.344 e. The molecule has 0 radical (unpaired) electrons. The first kappa shape index (κ1) is 36.1. The maximum Gasteiger partial charge on any atom is 0.159 e. The summed E-state index contributed by atoms with van der Waals surface area (Å²) >= 11 is 1.85. The molecule has 0 bridgehead atoms. The minimum absolute atomic E-state index is 0.365. The van der Waals surface area contributed by atoms with Crippen molar-refractivity contribution in [2.24, 2.45) is 9.98 Å². The highest BCUT2D eigenvalue weighted by Crippen LogP contribution is 2.62. The molecule has 2 aliphatic heterocycles. The van der Waals surface area contributed by atoms with Crippen LogP contribution in [-0.2, 0) is 5.41 Å². The Hall–Kier alpha value is -7.78. The van der Waals surface area contributed by atoms with E-state index in [1.54, 1.807) is 0 Å². The maximum absolute atomic E-state index is 9.56. The highest BCUT2D eigenvalue weighted by molar-refractivity contribution is 7.99. The zero-order valence-electron chi connectivity index (χ0n) is 33.5. The zero-order valence-corrected chi connectivity index (χ0v) is 34.3. The van der Waals surface area contributed by atoms with Crippen molar-refractivity contribution in [2.45, 2.75) is 21.4 Å². The van der Waals surface area contributed by atoms with Crippen LogP contribution in [0, 0.1) is 11.3 Å². The summed E-state index contributed by atoms with van der Waals surface area (Å²) in [6, 6.07) is 75.8. The molecule has 0 saturated carbocycles. The molecule has 1 unspecified atom stereocenters. The van der Waals surface area contributed by atoms with E-state index in [1.807, 2.05) is 60.3 Å². The van der Waals surface area contributed by atoms with Crippen LogP contribution >= 0.6 is 11.8 Å². The van der Waals surface area contributed by atoms with E-state index in [0.29, 0.717) is 11.4 Å². The number of benzene rings is 9. The topological polar surface area (TPSA) is 60.5 Å². The van der Waals surface area contributed by atoms with Crippen molar-refractivity contribution >= 4 is 34.2 Å². The summed E-state index contributed by atoms with van der Waals surface area (Å²) in [7, 11) is 0. The SMILES string of the molecule is N#Cc1ccc(-c2ccc(-c3cc4c(cc3C3=NC(c5ccccc5)=NC(c5ccccc5)N3)C3(c5ccccc5S4)c4ccccc4-c4ccccc43)c3ccccc23)cc1. The number of amidine groups is 2. The number of hydrogen-bond donors (Lipinski definition) is 1. The first-order valence-corrected chi connectivity index (χ1v) is 21.7. The second-order valence-electron chi connectivity index (χ2n) is 16.0. The van der Waals surface area contributed by atoms with Gasteiger partial charge in [-0.25, -0.2) is 9.98 Å². The van der Waals surface area contributed by atoms with Crippen LogP contribution in [0.5, 0.6) is 0 Å². The third-order valence-electron chi connectivity index (χ3n) is 12.7. The monoisotopic (exact) mass is 808 g/mol. The van der Waals surface area contributed by atoms with Gasteiger partial charge in [-0.05, 0) is 102 Å². The predicted molar refractivity (Wildman–Crippen MR) is 253 cm³/mol. The Labute approximate surface area is 364 Å². The Morgan fingerprint density at radius 3 is 1.77 bits per heavy atom. The van der Waals surface area contributed by atoms with Gasteiger partial charge in [0.2, 0.25) is 0 Å². The lowest BCUT2D eigenvalue weighted by atomic mass is 9.66. The molecule has 12 rings (SSSR count). The number of nitriles is 1. The van der Waals surface area contributed by atoms with Gasteiger partial charge < -0.3 is 5.32 Å². The van der Waals surface area contributed by atoms with Crippen LogP contribution in [-0.4, -0.2) is 11.7 Å². The van der Waals surface area contributed by atoms with Crippen molar-refractivity contribution in [3.63, 3.8) is 0 Å². The van der Waals surface area contributed by atoms with Gasteiger partial charge in [0.15, 0.2) is 5.84 Å². The van der Waals surface area contributed by atoms with Crippen molar-refractivity contribution in [1.29, 1.82) is 5.26 Å². The highest BCUT2D eigenvalue weighted by Gasteiger charge is 2.50. The molecule has 1 aliphatic carbocycles. The number of rotatable bonds is 5. The van der Waals surface area contributed by atoms with Gasteiger partial charge in [0.05, 0.1) is 17.0 Å². The zero-order chi connectivity index (χ0) is 41.2. The Morgan fingerprint density at radius 2 is 1.06 bits per heavy atom. The van der Waals surface area contributed by atoms with Crippen LogP contribution in [0.2, 0.25) is 0 Å². The number of hydrogen-bond acceptors (Lipinski definition) is 5. The molecule has 3 aliphatic rings. The summed E-state index contributed by atoms with van der Waals surface area (Å²) in [6.45, 7) is 0. The second kappa shape index (κ2) is 14.4. The molecule has 2 heterocycles. The number of aliphatic imine (C=N–C) groups is 2. The van der Waals surface area contributed by atoms with E-state index in [4.69, 9.17) is 9.98 Å². The molecular formula is C57H36N4S. The van der Waals surface area contributed by atoms with E-state index in [9.17, 15) is 5.26 Å². The Morgan fingerprint density at radius 1 is 0.468 bits per heavy atom. The molecule has 62 heavy (non-hydrogen) atoms. The smallest absolute Gasteiger partial charge is 0.159 e. The van der Waals surface area contributed by atoms with E-state index < -0.39 is 5.41 Å². The standard InChI is InChI=1S/C57H36N4S/c58-35-36-27-29-37(30-28-36)40-31-32-43(42-20-8-7-19-41(40)42)46-34-53-51(33-47(46)56-60-54(38-15-3-1-4-16-38)59-55(61-56)39-17-5-2-6-18-39)57(50-25-13-14-26-52(50)62-53)48-23-11-9-21-44(48)45-22-10-12-24-49(45)57/h1-34,54H,(H,59,60,61). The van der Waals surface area contributed by atoms with Gasteiger partial charge in [0.1, 0.15) is 12.0 Å². The Kier molecular flexibility index (Phi) is 8.41. The van der Waals surface area contributed by atoms with Crippen LogP contribution in [0.1, 0.15) is 50.7 Å². The van der Waals surface area contributed by atoms with Gasteiger partial charge in [0, 0.05) is 20.9 Å². The van der Waals surface area contributed by atoms with Gasteiger partial charge in [-0.3, -0.25) is 0 Å². The van der Waals surface area contributed by atoms with Gasteiger partial charge in [-0.15, -0.1) is 0 Å². The summed E-state index contributed by atoms with van der Waals surface area (Å²) in [6.07, 6.45) is -0.365. The second-order valence-corrected chi connectivity index (χ2v) is 17.0. The van der Waals surface area contributed by atoms with E-state index in [2.05, 4.69) is 169 Å². The molecule has 0 aromatic heterocycles. The van der Waals surface area contributed by atoms with Crippen molar-refractivity contribution in [3.05, 3.63) is 251 Å². The summed E-state index contributed by atoms with van der Waals surface area (Å²) in [5.74, 6) is 1.45. The molecule has 9 aromatic carbocycles. The highest BCUT2D eigenvalue weighted by atomic mass is 32.2. The van der Waals surface area contributed by atoms with Crippen molar-refractivity contribution in [2.75, 3.05) is 0 Å². The summed E-state index contributed by atoms with van der Waals surface area (Å²) in [5, 5.41) is 15.7. The largest absolute Gasteiger partial charge is 0.344 e. The summed E-state index contributed by atoms with van der Waals surface area (Å²) in [4.78, 5) is 13.2. The van der Waals surface area contributed by atoms with E-state index in [-0.39, 0.29) is 6.17 Å². The van der Waals surface area contributed by atoms with Crippen LogP contribution in [0.3, 0.4) is 0 Å². The third-order valence-corrected chi connectivity index (χ3v) is 13.8. The molecular weight excluding hydrogens is 773 g/mol. The lowest BCUT2D eigenvalue weighted by Crippen LogP contribution is -2.36. The lowest BCUT2D eigenvalue weighted by Gasteiger charge is -2.40. The average molecular weight is 809 g/mol. The van der Waals surface area contributed by atoms with Gasteiger partial charge >= 0.3 is 0 Å². The molecule has 0 fully saturated rings. The van der Waals surface area contributed by atoms with Crippen LogP contribution in [0.4, 0.5) is 0 Å². The quantitative estimate of drug-likeness (QED) is 0.188. The van der Waals surface area contributed by atoms with Crippen LogP contribution in [0.15, 0.2) is 226 Å². The fourth-order valence-corrected chi connectivity index (χ4v) is 11.2. The van der Waals surface area contributed by atoms with Crippen LogP contribution < -0.4 is 5.32 Å².